The second-order valence-electron chi connectivity index (χ2n) is 4.44. The Kier molecular flexibility index (Phi) is 5.20. The van der Waals surface area contributed by atoms with Crippen LogP contribution in [-0.2, 0) is 15.8 Å². The van der Waals surface area contributed by atoms with Crippen LogP contribution in [-0.4, -0.2) is 27.6 Å². The first kappa shape index (κ1) is 18.3. The lowest BCUT2D eigenvalue weighted by Gasteiger charge is -2.11. The van der Waals surface area contributed by atoms with Crippen molar-refractivity contribution in [1.82, 2.24) is 0 Å². The predicted octanol–water partition coefficient (Wildman–Crippen LogP) is 2.48. The Morgan fingerprint density at radius 3 is 2.26 bits per heavy atom. The second kappa shape index (κ2) is 6.55. The molecule has 1 N–H and O–H groups in total. The van der Waals surface area contributed by atoms with E-state index in [0.29, 0.717) is 12.1 Å². The number of hydrogen-bond donors (Lipinski definition) is 1. The molecule has 1 aromatic rings. The Balaban J connectivity index is 3.47. The van der Waals surface area contributed by atoms with Crippen LogP contribution in [0.15, 0.2) is 18.2 Å². The minimum Gasteiger partial charge on any atom is -0.480 e. The zero-order valence-electron chi connectivity index (χ0n) is 11.6. The van der Waals surface area contributed by atoms with E-state index in [2.05, 4.69) is 0 Å². The van der Waals surface area contributed by atoms with Crippen molar-refractivity contribution in [2.45, 2.75) is 19.5 Å². The molecular weight excluding hydrogens is 323 g/mol. The maximum absolute atomic E-state index is 12.6. The summed E-state index contributed by atoms with van der Waals surface area (Å²) in [5.41, 5.74) is -3.44. The lowest BCUT2D eigenvalue weighted by molar-refractivity contribution is -0.385. The van der Waals surface area contributed by atoms with Gasteiger partial charge in [-0.15, -0.1) is 0 Å². The van der Waals surface area contributed by atoms with Crippen molar-refractivity contribution in [3.8, 4) is 0 Å². The number of rotatable bonds is 6. The minimum atomic E-state index is -4.88. The van der Waals surface area contributed by atoms with Gasteiger partial charge in [0.2, 0.25) is 0 Å². The quantitative estimate of drug-likeness (QED) is 0.370. The Bertz CT molecular complexity index is 683. The van der Waals surface area contributed by atoms with Crippen LogP contribution in [0.2, 0.25) is 0 Å². The van der Waals surface area contributed by atoms with E-state index in [-0.39, 0.29) is 12.5 Å². The third kappa shape index (κ3) is 3.90. The molecule has 0 radical (unpaired) electrons. The fourth-order valence-electron chi connectivity index (χ4n) is 1.82. The summed E-state index contributed by atoms with van der Waals surface area (Å²) in [6.45, 7) is 1.28. The molecule has 0 fully saturated rings. The number of aliphatic carboxylic acids is 1. The van der Waals surface area contributed by atoms with Gasteiger partial charge in [-0.1, -0.05) is 6.92 Å². The number of Topliss-reactive ketones (excluding diaryl/α,β-unsaturated/α-hetero) is 2. The van der Waals surface area contributed by atoms with Crippen molar-refractivity contribution < 1.29 is 37.6 Å². The number of carboxylic acid groups (broad SMARTS) is 1. The van der Waals surface area contributed by atoms with Gasteiger partial charge in [0.05, 0.1) is 16.1 Å². The van der Waals surface area contributed by atoms with Crippen molar-refractivity contribution in [1.29, 1.82) is 0 Å². The molecule has 1 unspecified atom stereocenters. The van der Waals surface area contributed by atoms with Gasteiger partial charge in [-0.3, -0.25) is 24.5 Å². The van der Waals surface area contributed by atoms with Crippen molar-refractivity contribution >= 4 is 23.2 Å². The number of benzene rings is 1. The summed E-state index contributed by atoms with van der Waals surface area (Å²) in [6, 6.07) is 1.04. The number of nitro groups is 1. The van der Waals surface area contributed by atoms with Crippen LogP contribution in [0.25, 0.3) is 0 Å². The third-order valence-corrected chi connectivity index (χ3v) is 2.97. The molecule has 0 bridgehead atoms. The fraction of sp³-hybridized carbons (Fsp3) is 0.308. The SMILES string of the molecule is CCC(=O)C(C(=O)O)C(=O)c1ccc(C(F)(F)F)cc1[N+](=O)[O-]. The van der Waals surface area contributed by atoms with E-state index in [1.807, 2.05) is 0 Å². The molecule has 124 valence electrons. The van der Waals surface area contributed by atoms with Crippen LogP contribution >= 0.6 is 0 Å². The predicted molar refractivity (Wildman–Crippen MR) is 68.9 cm³/mol. The summed E-state index contributed by atoms with van der Waals surface area (Å²) in [4.78, 5) is 44.3. The highest BCUT2D eigenvalue weighted by Crippen LogP contribution is 2.33. The number of halogens is 3. The number of hydrogen-bond acceptors (Lipinski definition) is 5. The largest absolute Gasteiger partial charge is 0.480 e. The molecule has 1 atom stereocenters. The standard InChI is InChI=1S/C13H10F3NO6/c1-2-9(18)10(12(20)21)11(19)7-4-3-6(13(14,15)16)5-8(7)17(22)23/h3-5,10H,2H2,1H3,(H,20,21). The average Bonchev–Trinajstić information content (AvgIpc) is 2.44. The van der Waals surface area contributed by atoms with Gasteiger partial charge in [-0.05, 0) is 12.1 Å². The number of alkyl halides is 3. The molecule has 10 heteroatoms. The molecule has 1 aromatic carbocycles. The van der Waals surface area contributed by atoms with Gasteiger partial charge in [0.15, 0.2) is 17.5 Å². The first-order valence-corrected chi connectivity index (χ1v) is 6.16. The third-order valence-electron chi connectivity index (χ3n) is 2.97. The first-order valence-electron chi connectivity index (χ1n) is 6.16. The van der Waals surface area contributed by atoms with E-state index >= 15 is 0 Å². The van der Waals surface area contributed by atoms with Crippen LogP contribution < -0.4 is 0 Å². The highest BCUT2D eigenvalue weighted by atomic mass is 19.4. The maximum Gasteiger partial charge on any atom is 0.416 e. The van der Waals surface area contributed by atoms with Gasteiger partial charge >= 0.3 is 12.1 Å². The van der Waals surface area contributed by atoms with Crippen molar-refractivity contribution in [2.24, 2.45) is 5.92 Å². The van der Waals surface area contributed by atoms with E-state index in [0.717, 1.165) is 0 Å². The molecule has 0 amide bonds. The molecule has 0 saturated heterocycles. The number of carbonyl (C=O) groups is 3. The second-order valence-corrected chi connectivity index (χ2v) is 4.44. The maximum atomic E-state index is 12.6. The Morgan fingerprint density at radius 2 is 1.87 bits per heavy atom. The van der Waals surface area contributed by atoms with Crippen LogP contribution in [0.5, 0.6) is 0 Å². The Labute approximate surface area is 126 Å². The van der Waals surface area contributed by atoms with E-state index < -0.39 is 51.4 Å². The molecule has 23 heavy (non-hydrogen) atoms. The first-order chi connectivity index (χ1) is 10.5. The number of nitrogens with zero attached hydrogens (tertiary/aromatic N) is 1. The van der Waals surface area contributed by atoms with Crippen molar-refractivity contribution in [2.75, 3.05) is 0 Å². The van der Waals surface area contributed by atoms with Crippen LogP contribution in [0.4, 0.5) is 18.9 Å². The molecular formula is C13H10F3NO6. The van der Waals surface area contributed by atoms with E-state index in [1.165, 1.54) is 6.92 Å². The number of carbonyl (C=O) groups excluding carboxylic acids is 2. The normalized spacial score (nSPS) is 12.5. The highest BCUT2D eigenvalue weighted by molar-refractivity contribution is 6.23. The summed E-state index contributed by atoms with van der Waals surface area (Å²) in [5.74, 6) is -6.45. The van der Waals surface area contributed by atoms with E-state index in [9.17, 15) is 37.7 Å². The highest BCUT2D eigenvalue weighted by Gasteiger charge is 2.39. The van der Waals surface area contributed by atoms with Crippen LogP contribution in [0.1, 0.15) is 29.3 Å². The van der Waals surface area contributed by atoms with E-state index in [1.54, 1.807) is 0 Å². The van der Waals surface area contributed by atoms with Crippen LogP contribution in [0, 0.1) is 16.0 Å². The smallest absolute Gasteiger partial charge is 0.416 e. The molecule has 0 spiro atoms. The number of nitro benzene ring substituents is 1. The molecule has 1 rings (SSSR count). The molecule has 0 aliphatic heterocycles. The molecule has 0 aromatic heterocycles. The van der Waals surface area contributed by atoms with Crippen molar-refractivity contribution in [3.05, 3.63) is 39.4 Å². The summed E-state index contributed by atoms with van der Waals surface area (Å²) in [5, 5.41) is 19.8. The lowest BCUT2D eigenvalue weighted by atomic mass is 9.91. The summed E-state index contributed by atoms with van der Waals surface area (Å²) in [6.07, 6.45) is -5.20. The summed E-state index contributed by atoms with van der Waals surface area (Å²) in [7, 11) is 0. The zero-order valence-corrected chi connectivity index (χ0v) is 11.6. The molecule has 7 nitrogen and oxygen atoms in total. The summed E-state index contributed by atoms with van der Waals surface area (Å²) >= 11 is 0. The van der Waals surface area contributed by atoms with Gasteiger partial charge in [-0.2, -0.15) is 13.2 Å². The monoisotopic (exact) mass is 333 g/mol. The molecule has 0 saturated carbocycles. The van der Waals surface area contributed by atoms with Gasteiger partial charge in [0, 0.05) is 12.5 Å². The van der Waals surface area contributed by atoms with Crippen molar-refractivity contribution in [3.63, 3.8) is 0 Å². The van der Waals surface area contributed by atoms with E-state index in [4.69, 9.17) is 5.11 Å². The number of ketones is 2. The Hall–Kier alpha value is -2.78. The molecule has 0 aliphatic carbocycles. The Morgan fingerprint density at radius 1 is 1.30 bits per heavy atom. The summed E-state index contributed by atoms with van der Waals surface area (Å²) < 4.78 is 37.7. The molecule has 0 aliphatic rings. The number of carboxylic acids is 1. The van der Waals surface area contributed by atoms with Gasteiger partial charge < -0.3 is 5.11 Å². The van der Waals surface area contributed by atoms with Gasteiger partial charge in [-0.25, -0.2) is 0 Å². The zero-order chi connectivity index (χ0) is 17.9. The average molecular weight is 333 g/mol. The van der Waals surface area contributed by atoms with Gasteiger partial charge in [0.1, 0.15) is 0 Å². The minimum absolute atomic E-state index is 0.128. The van der Waals surface area contributed by atoms with Crippen LogP contribution in [0.3, 0.4) is 0 Å². The fourth-order valence-corrected chi connectivity index (χ4v) is 1.82. The van der Waals surface area contributed by atoms with Gasteiger partial charge in [0.25, 0.3) is 5.69 Å². The topological polar surface area (TPSA) is 115 Å². The molecule has 0 heterocycles. The lowest BCUT2D eigenvalue weighted by Crippen LogP contribution is -2.32.